The number of carbonyl (C=O) groups is 3. The average Bonchev–Trinajstić information content (AvgIpc) is 2.59. The van der Waals surface area contributed by atoms with Gasteiger partial charge in [0.2, 0.25) is 5.91 Å². The second kappa shape index (κ2) is 12.0. The van der Waals surface area contributed by atoms with E-state index >= 15 is 0 Å². The number of alkyl carbamates (subject to hydrolysis) is 1. The average molecular weight is 475 g/mol. The van der Waals surface area contributed by atoms with Crippen LogP contribution in [0.4, 0.5) is 4.79 Å². The van der Waals surface area contributed by atoms with Crippen molar-refractivity contribution in [2.75, 3.05) is 13.7 Å². The van der Waals surface area contributed by atoms with E-state index in [9.17, 15) is 19.5 Å². The van der Waals surface area contributed by atoms with Gasteiger partial charge in [-0.1, -0.05) is 55.4 Å². The van der Waals surface area contributed by atoms with Crippen molar-refractivity contribution in [3.8, 4) is 0 Å². The number of carboxylic acids is 1. The maximum Gasteiger partial charge on any atom is 0.408 e. The molecule has 2 atom stereocenters. The van der Waals surface area contributed by atoms with Crippen molar-refractivity contribution in [1.82, 2.24) is 10.2 Å². The number of nitrogens with zero attached hydrogens (tertiary/aromatic N) is 1. The number of rotatable bonds is 11. The highest BCUT2D eigenvalue weighted by Gasteiger charge is 2.46. The lowest BCUT2D eigenvalue weighted by molar-refractivity contribution is -0.151. The molecule has 2 amide bonds. The minimum absolute atomic E-state index is 0.0877. The Morgan fingerprint density at radius 2 is 1.38 bits per heavy atom. The highest BCUT2D eigenvalue weighted by atomic mass is 28.4. The molecule has 0 rings (SSSR count). The van der Waals surface area contributed by atoms with Crippen LogP contribution < -0.4 is 5.32 Å². The van der Waals surface area contributed by atoms with E-state index in [2.05, 4.69) is 46.9 Å². The van der Waals surface area contributed by atoms with Crippen molar-refractivity contribution >= 4 is 26.3 Å². The van der Waals surface area contributed by atoms with Gasteiger partial charge in [0.15, 0.2) is 14.4 Å². The maximum absolute atomic E-state index is 13.2. The number of amides is 2. The van der Waals surface area contributed by atoms with Crippen molar-refractivity contribution in [2.45, 2.75) is 110 Å². The first-order valence-corrected chi connectivity index (χ1v) is 13.6. The van der Waals surface area contributed by atoms with Gasteiger partial charge in [-0.05, 0) is 43.3 Å². The van der Waals surface area contributed by atoms with Gasteiger partial charge >= 0.3 is 12.1 Å². The number of carbonyl (C=O) groups excluding carboxylic acids is 2. The van der Waals surface area contributed by atoms with Gasteiger partial charge in [-0.25, -0.2) is 9.59 Å². The number of aliphatic carboxylic acids is 1. The second-order valence-corrected chi connectivity index (χ2v) is 16.3. The zero-order chi connectivity index (χ0) is 25.6. The molecule has 0 aromatic rings. The molecule has 0 bridgehead atoms. The molecule has 2 unspecified atom stereocenters. The van der Waals surface area contributed by atoms with Crippen molar-refractivity contribution in [2.24, 2.45) is 5.92 Å². The number of likely N-dealkylation sites (N-methyl/N-ethyl adjacent to an activating group) is 1. The molecular formula is C23H46N2O6Si. The Morgan fingerprint density at radius 1 is 0.938 bits per heavy atom. The zero-order valence-corrected chi connectivity index (χ0v) is 23.1. The fraction of sp³-hybridized carbons (Fsp3) is 0.870. The highest BCUT2D eigenvalue weighted by Crippen LogP contribution is 2.42. The van der Waals surface area contributed by atoms with Crippen LogP contribution in [0, 0.1) is 5.92 Å². The number of hydrogen-bond donors (Lipinski definition) is 2. The lowest BCUT2D eigenvalue weighted by atomic mass is 10.0. The molecule has 0 saturated heterocycles. The molecule has 2 N–H and O–H groups in total. The Balaban J connectivity index is 5.70. The van der Waals surface area contributed by atoms with Crippen molar-refractivity contribution in [3.63, 3.8) is 0 Å². The van der Waals surface area contributed by atoms with E-state index in [1.54, 1.807) is 34.6 Å². The van der Waals surface area contributed by atoms with Gasteiger partial charge in [0, 0.05) is 7.05 Å². The fourth-order valence-corrected chi connectivity index (χ4v) is 9.84. The third kappa shape index (κ3) is 8.06. The van der Waals surface area contributed by atoms with Crippen molar-refractivity contribution < 1.29 is 28.7 Å². The summed E-state index contributed by atoms with van der Waals surface area (Å²) in [5.41, 5.74) is 0.150. The first-order chi connectivity index (χ1) is 14.4. The molecule has 0 aliphatic heterocycles. The molecule has 32 heavy (non-hydrogen) atoms. The predicted molar refractivity (Wildman–Crippen MR) is 129 cm³/mol. The Kier molecular flexibility index (Phi) is 11.4. The number of ether oxygens (including phenoxy) is 1. The molecule has 0 aliphatic carbocycles. The zero-order valence-electron chi connectivity index (χ0n) is 22.1. The topological polar surface area (TPSA) is 105 Å². The summed E-state index contributed by atoms with van der Waals surface area (Å²) in [5, 5.41) is 12.5. The molecule has 0 radical (unpaired) electrons. The van der Waals surface area contributed by atoms with Gasteiger partial charge in [0.25, 0.3) is 0 Å². The fourth-order valence-electron chi connectivity index (χ4n) is 4.39. The Bertz CT molecular complexity index is 621. The molecule has 0 aromatic carbocycles. The van der Waals surface area contributed by atoms with Crippen LogP contribution in [0.25, 0.3) is 0 Å². The van der Waals surface area contributed by atoms with Gasteiger partial charge in [0.1, 0.15) is 11.6 Å². The summed E-state index contributed by atoms with van der Waals surface area (Å²) in [6, 6.07) is -2.08. The summed E-state index contributed by atoms with van der Waals surface area (Å²) in [6.07, 6.45) is -0.716. The normalized spacial score (nSPS) is 14.6. The number of carboxylic acid groups (broad SMARTS) is 1. The summed E-state index contributed by atoms with van der Waals surface area (Å²) in [4.78, 5) is 38.7. The smallest absolute Gasteiger partial charge is 0.408 e. The van der Waals surface area contributed by atoms with Crippen LogP contribution in [-0.2, 0) is 18.8 Å². The Hall–Kier alpha value is -1.61. The van der Waals surface area contributed by atoms with Gasteiger partial charge in [-0.2, -0.15) is 0 Å². The van der Waals surface area contributed by atoms with E-state index in [-0.39, 0.29) is 29.1 Å². The number of hydrogen-bond acceptors (Lipinski definition) is 5. The molecule has 0 saturated carbocycles. The first-order valence-electron chi connectivity index (χ1n) is 11.5. The lowest BCUT2D eigenvalue weighted by Crippen LogP contribution is -2.57. The Labute approximate surface area is 195 Å². The SMILES string of the molecule is CC(C)C(NC(=O)OC(C)(C)C)C(=O)N(C)C(CO[Si](C(C)C)(C(C)C)C(C)C)C(=O)O. The third-order valence-electron chi connectivity index (χ3n) is 5.90. The van der Waals surface area contributed by atoms with Gasteiger partial charge in [-0.15, -0.1) is 0 Å². The van der Waals surface area contributed by atoms with E-state index in [4.69, 9.17) is 9.16 Å². The summed E-state index contributed by atoms with van der Waals surface area (Å²) >= 11 is 0. The van der Waals surface area contributed by atoms with Crippen LogP contribution in [0.5, 0.6) is 0 Å². The van der Waals surface area contributed by atoms with Crippen molar-refractivity contribution in [3.05, 3.63) is 0 Å². The highest BCUT2D eigenvalue weighted by molar-refractivity contribution is 6.77. The van der Waals surface area contributed by atoms with Crippen LogP contribution in [0.15, 0.2) is 0 Å². The van der Waals surface area contributed by atoms with Gasteiger partial charge in [-0.3, -0.25) is 4.79 Å². The molecule has 0 aliphatic rings. The summed E-state index contributed by atoms with van der Waals surface area (Å²) in [5.74, 6) is -1.89. The lowest BCUT2D eigenvalue weighted by Gasteiger charge is -2.43. The van der Waals surface area contributed by atoms with Crippen LogP contribution in [0.3, 0.4) is 0 Å². The first kappa shape index (κ1) is 30.4. The molecule has 188 valence electrons. The predicted octanol–water partition coefficient (Wildman–Crippen LogP) is 4.64. The van der Waals surface area contributed by atoms with Crippen LogP contribution >= 0.6 is 0 Å². The maximum atomic E-state index is 13.2. The van der Waals surface area contributed by atoms with Gasteiger partial charge < -0.3 is 24.5 Å². The third-order valence-corrected chi connectivity index (χ3v) is 12.0. The molecule has 0 spiro atoms. The molecule has 9 heteroatoms. The van der Waals surface area contributed by atoms with Crippen LogP contribution in [-0.4, -0.2) is 67.6 Å². The van der Waals surface area contributed by atoms with E-state index < -0.39 is 44.0 Å². The minimum Gasteiger partial charge on any atom is -0.480 e. The number of nitrogens with one attached hydrogen (secondary N) is 1. The quantitative estimate of drug-likeness (QED) is 0.423. The molecule has 0 heterocycles. The van der Waals surface area contributed by atoms with Crippen LogP contribution in [0.2, 0.25) is 16.6 Å². The van der Waals surface area contributed by atoms with Crippen molar-refractivity contribution in [1.29, 1.82) is 0 Å². The molecule has 0 aromatic heterocycles. The molecular weight excluding hydrogens is 428 g/mol. The van der Waals surface area contributed by atoms with Gasteiger partial charge in [0.05, 0.1) is 6.61 Å². The van der Waals surface area contributed by atoms with E-state index in [0.717, 1.165) is 0 Å². The van der Waals surface area contributed by atoms with E-state index in [1.807, 2.05) is 0 Å². The van der Waals surface area contributed by atoms with E-state index in [0.29, 0.717) is 0 Å². The van der Waals surface area contributed by atoms with E-state index in [1.165, 1.54) is 11.9 Å². The molecule has 0 fully saturated rings. The second-order valence-electron chi connectivity index (χ2n) is 10.8. The van der Waals surface area contributed by atoms with Crippen LogP contribution in [0.1, 0.15) is 76.2 Å². The summed E-state index contributed by atoms with van der Waals surface area (Å²) < 4.78 is 11.7. The molecule has 8 nitrogen and oxygen atoms in total. The standard InChI is InChI=1S/C23H46N2O6Si/c1-14(2)19(24-22(29)31-23(9,10)11)20(26)25(12)18(21(27)28)13-30-32(15(3)4,16(5)6)17(7)8/h14-19H,13H2,1-12H3,(H,24,29)(H,27,28). The largest absolute Gasteiger partial charge is 0.480 e. The monoisotopic (exact) mass is 474 g/mol. The minimum atomic E-state index is -2.31. The Morgan fingerprint density at radius 3 is 1.69 bits per heavy atom. The summed E-state index contributed by atoms with van der Waals surface area (Å²) in [7, 11) is -0.865. The summed E-state index contributed by atoms with van der Waals surface area (Å²) in [6.45, 7) is 21.4.